The minimum atomic E-state index is -0.510. The Morgan fingerprint density at radius 2 is 2.20 bits per heavy atom. The number of fused-ring (bicyclic) bond motifs is 1. The summed E-state index contributed by atoms with van der Waals surface area (Å²) in [7, 11) is 3.51. The summed E-state index contributed by atoms with van der Waals surface area (Å²) in [6.45, 7) is 0. The molecule has 0 N–H and O–H groups in total. The van der Waals surface area contributed by atoms with Gasteiger partial charge in [-0.1, -0.05) is 5.16 Å². The van der Waals surface area contributed by atoms with Gasteiger partial charge in [0.05, 0.1) is 10.9 Å². The van der Waals surface area contributed by atoms with Gasteiger partial charge in [0.2, 0.25) is 5.58 Å². The molecular weight excluding hydrogens is 197 g/mol. The van der Waals surface area contributed by atoms with Crippen molar-refractivity contribution in [3.05, 3.63) is 23.5 Å². The average molecular weight is 205 g/mol. The number of anilines is 1. The predicted molar refractivity (Wildman–Crippen MR) is 53.0 cm³/mol. The van der Waals surface area contributed by atoms with Crippen molar-refractivity contribution in [1.29, 1.82) is 5.26 Å². The van der Waals surface area contributed by atoms with E-state index in [9.17, 15) is 4.39 Å². The second-order valence-corrected chi connectivity index (χ2v) is 3.31. The summed E-state index contributed by atoms with van der Waals surface area (Å²) in [5.41, 5.74) is 0.383. The van der Waals surface area contributed by atoms with E-state index in [1.165, 1.54) is 12.1 Å². The zero-order valence-corrected chi connectivity index (χ0v) is 8.28. The van der Waals surface area contributed by atoms with Crippen LogP contribution in [0, 0.1) is 17.1 Å². The van der Waals surface area contributed by atoms with Crippen LogP contribution in [-0.2, 0) is 0 Å². The number of nitrogens with zero attached hydrogens (tertiary/aromatic N) is 3. The molecule has 0 spiro atoms. The molecule has 1 aromatic carbocycles. The number of hydrogen-bond acceptors (Lipinski definition) is 4. The Balaban J connectivity index is 2.88. The van der Waals surface area contributed by atoms with E-state index in [1.54, 1.807) is 19.0 Å². The maximum atomic E-state index is 13.3. The van der Waals surface area contributed by atoms with E-state index in [4.69, 9.17) is 9.78 Å². The largest absolute Gasteiger partial charge is 0.359 e. The first kappa shape index (κ1) is 9.46. The van der Waals surface area contributed by atoms with Crippen LogP contribution < -0.4 is 4.90 Å². The van der Waals surface area contributed by atoms with Crippen molar-refractivity contribution in [3.8, 4) is 6.07 Å². The third kappa shape index (κ3) is 1.31. The number of rotatable bonds is 1. The lowest BCUT2D eigenvalue weighted by Crippen LogP contribution is -2.09. The van der Waals surface area contributed by atoms with E-state index in [0.29, 0.717) is 16.8 Å². The minimum absolute atomic E-state index is 0.0257. The normalized spacial score (nSPS) is 10.3. The third-order valence-electron chi connectivity index (χ3n) is 2.10. The van der Waals surface area contributed by atoms with Crippen molar-refractivity contribution >= 4 is 16.8 Å². The Bertz CT molecular complexity index is 554. The highest BCUT2D eigenvalue weighted by molar-refractivity contribution is 5.93. The number of nitriles is 1. The molecule has 0 bridgehead atoms. The summed E-state index contributed by atoms with van der Waals surface area (Å²) >= 11 is 0. The first-order valence-electron chi connectivity index (χ1n) is 4.30. The third-order valence-corrected chi connectivity index (χ3v) is 2.10. The quantitative estimate of drug-likeness (QED) is 0.713. The summed E-state index contributed by atoms with van der Waals surface area (Å²) in [6, 6.07) is 4.60. The van der Waals surface area contributed by atoms with Crippen LogP contribution in [0.25, 0.3) is 11.0 Å². The minimum Gasteiger partial charge on any atom is -0.359 e. The van der Waals surface area contributed by atoms with Crippen LogP contribution >= 0.6 is 0 Å². The zero-order valence-electron chi connectivity index (χ0n) is 8.28. The fraction of sp³-hybridized carbons (Fsp3) is 0.200. The van der Waals surface area contributed by atoms with Crippen LogP contribution in [0.4, 0.5) is 10.2 Å². The van der Waals surface area contributed by atoms with E-state index >= 15 is 0 Å². The number of hydrogen-bond donors (Lipinski definition) is 0. The molecule has 0 fully saturated rings. The lowest BCUT2D eigenvalue weighted by atomic mass is 10.1. The summed E-state index contributed by atoms with van der Waals surface area (Å²) in [4.78, 5) is 1.67. The van der Waals surface area contributed by atoms with Crippen molar-refractivity contribution in [2.24, 2.45) is 0 Å². The molecule has 0 aliphatic heterocycles. The molecule has 0 amide bonds. The Kier molecular flexibility index (Phi) is 2.05. The Hall–Kier alpha value is -2.09. The zero-order chi connectivity index (χ0) is 11.0. The molecule has 0 radical (unpaired) electrons. The van der Waals surface area contributed by atoms with Crippen molar-refractivity contribution in [2.45, 2.75) is 0 Å². The van der Waals surface area contributed by atoms with Gasteiger partial charge < -0.3 is 9.42 Å². The van der Waals surface area contributed by atoms with Crippen molar-refractivity contribution < 1.29 is 8.91 Å². The highest BCUT2D eigenvalue weighted by Gasteiger charge is 2.17. The molecule has 76 valence electrons. The topological polar surface area (TPSA) is 53.1 Å². The molecular formula is C10H8FN3O. The van der Waals surface area contributed by atoms with Gasteiger partial charge in [0.1, 0.15) is 6.07 Å². The van der Waals surface area contributed by atoms with Crippen LogP contribution in [0.15, 0.2) is 16.7 Å². The number of halogens is 1. The lowest BCUT2D eigenvalue weighted by molar-refractivity contribution is 0.441. The van der Waals surface area contributed by atoms with E-state index in [-0.39, 0.29) is 5.58 Å². The Labute approximate surface area is 85.5 Å². The molecule has 0 aliphatic carbocycles. The van der Waals surface area contributed by atoms with Gasteiger partial charge in [0.15, 0.2) is 11.6 Å². The fourth-order valence-electron chi connectivity index (χ4n) is 1.40. The van der Waals surface area contributed by atoms with Crippen LogP contribution in [0.2, 0.25) is 0 Å². The van der Waals surface area contributed by atoms with E-state index in [2.05, 4.69) is 5.16 Å². The van der Waals surface area contributed by atoms with Gasteiger partial charge in [-0.15, -0.1) is 0 Å². The molecule has 15 heavy (non-hydrogen) atoms. The first-order chi connectivity index (χ1) is 7.15. The number of aromatic nitrogens is 1. The number of benzene rings is 1. The van der Waals surface area contributed by atoms with Crippen molar-refractivity contribution in [1.82, 2.24) is 5.16 Å². The molecule has 1 aromatic heterocycles. The van der Waals surface area contributed by atoms with E-state index in [1.807, 2.05) is 6.07 Å². The summed E-state index contributed by atoms with van der Waals surface area (Å²) in [5.74, 6) is -0.0503. The smallest absolute Gasteiger partial charge is 0.206 e. The Morgan fingerprint density at radius 1 is 1.47 bits per heavy atom. The standard InChI is InChI=1S/C10H8FN3O/c1-14(2)10-8-6(5-12)3-4-7(11)9(8)15-13-10/h3-4H,1-2H3. The van der Waals surface area contributed by atoms with E-state index in [0.717, 1.165) is 0 Å². The maximum Gasteiger partial charge on any atom is 0.206 e. The summed E-state index contributed by atoms with van der Waals surface area (Å²) in [6.07, 6.45) is 0. The predicted octanol–water partition coefficient (Wildman–Crippen LogP) is 1.90. The highest BCUT2D eigenvalue weighted by Crippen LogP contribution is 2.29. The van der Waals surface area contributed by atoms with Gasteiger partial charge in [-0.3, -0.25) is 0 Å². The van der Waals surface area contributed by atoms with Crippen molar-refractivity contribution in [2.75, 3.05) is 19.0 Å². The Morgan fingerprint density at radius 3 is 2.80 bits per heavy atom. The highest BCUT2D eigenvalue weighted by atomic mass is 19.1. The summed E-state index contributed by atoms with van der Waals surface area (Å²) in [5, 5.41) is 13.0. The molecule has 2 rings (SSSR count). The monoisotopic (exact) mass is 205 g/mol. The van der Waals surface area contributed by atoms with Crippen LogP contribution in [-0.4, -0.2) is 19.3 Å². The molecule has 5 heteroatoms. The molecule has 4 nitrogen and oxygen atoms in total. The molecule has 0 saturated carbocycles. The van der Waals surface area contributed by atoms with Crippen LogP contribution in [0.5, 0.6) is 0 Å². The molecule has 0 unspecified atom stereocenters. The average Bonchev–Trinajstić information content (AvgIpc) is 2.64. The second-order valence-electron chi connectivity index (χ2n) is 3.31. The van der Waals surface area contributed by atoms with Gasteiger partial charge in [0.25, 0.3) is 0 Å². The van der Waals surface area contributed by atoms with Crippen LogP contribution in [0.3, 0.4) is 0 Å². The first-order valence-corrected chi connectivity index (χ1v) is 4.30. The van der Waals surface area contributed by atoms with Gasteiger partial charge in [-0.25, -0.2) is 4.39 Å². The SMILES string of the molecule is CN(C)c1noc2c(F)ccc(C#N)c12. The van der Waals surface area contributed by atoms with Gasteiger partial charge in [-0.2, -0.15) is 5.26 Å². The van der Waals surface area contributed by atoms with Crippen LogP contribution in [0.1, 0.15) is 5.56 Å². The molecule has 1 heterocycles. The van der Waals surface area contributed by atoms with Gasteiger partial charge >= 0.3 is 0 Å². The van der Waals surface area contributed by atoms with Gasteiger partial charge in [-0.05, 0) is 12.1 Å². The maximum absolute atomic E-state index is 13.3. The fourth-order valence-corrected chi connectivity index (χ4v) is 1.40. The van der Waals surface area contributed by atoms with Crippen molar-refractivity contribution in [3.63, 3.8) is 0 Å². The lowest BCUT2D eigenvalue weighted by Gasteiger charge is -2.07. The van der Waals surface area contributed by atoms with E-state index < -0.39 is 5.82 Å². The summed E-state index contributed by atoms with van der Waals surface area (Å²) < 4.78 is 18.2. The molecule has 0 atom stereocenters. The molecule has 0 saturated heterocycles. The molecule has 0 aliphatic rings. The molecule has 2 aromatic rings. The van der Waals surface area contributed by atoms with Gasteiger partial charge in [0, 0.05) is 14.1 Å². The second kappa shape index (κ2) is 3.24.